The Morgan fingerprint density at radius 3 is 2.56 bits per heavy atom. The lowest BCUT2D eigenvalue weighted by atomic mass is 9.79. The summed E-state index contributed by atoms with van der Waals surface area (Å²) in [5, 5.41) is 19.3. The maximum atomic E-state index is 10.9. The second kappa shape index (κ2) is 5.99. The first-order chi connectivity index (χ1) is 8.31. The van der Waals surface area contributed by atoms with Crippen molar-refractivity contribution in [3.8, 4) is 0 Å². The van der Waals surface area contributed by atoms with E-state index in [4.69, 9.17) is 14.9 Å². The largest absolute Gasteiger partial charge is 0.488 e. The van der Waals surface area contributed by atoms with Gasteiger partial charge in [0.05, 0.1) is 12.1 Å². The Kier molecular flexibility index (Phi) is 4.89. The molecule has 0 aliphatic rings. The molecule has 1 aromatic rings. The summed E-state index contributed by atoms with van der Waals surface area (Å²) in [6.45, 7) is 5.79. The Bertz CT molecular complexity index is 403. The van der Waals surface area contributed by atoms with Crippen LogP contribution in [0.1, 0.15) is 26.3 Å². The fraction of sp³-hybridized carbons (Fsp3) is 0.417. The zero-order valence-corrected chi connectivity index (χ0v) is 10.8. The van der Waals surface area contributed by atoms with E-state index in [0.29, 0.717) is 11.9 Å². The van der Waals surface area contributed by atoms with Gasteiger partial charge in [-0.1, -0.05) is 24.3 Å². The van der Waals surface area contributed by atoms with E-state index in [2.05, 4.69) is 0 Å². The number of amides is 1. The molecule has 0 spiro atoms. The number of benzene rings is 1. The third kappa shape index (κ3) is 4.87. The van der Waals surface area contributed by atoms with Gasteiger partial charge in [-0.3, -0.25) is 9.63 Å². The normalized spacial score (nSPS) is 11.2. The van der Waals surface area contributed by atoms with E-state index in [1.807, 2.05) is 20.8 Å². The number of hydrogen-bond donors (Lipinski definition) is 2. The molecule has 18 heavy (non-hydrogen) atoms. The molecule has 0 saturated carbocycles. The molecule has 0 bridgehead atoms. The summed E-state index contributed by atoms with van der Waals surface area (Å²) in [5.41, 5.74) is 0.681. The Balaban J connectivity index is 2.76. The summed E-state index contributed by atoms with van der Waals surface area (Å²) in [4.78, 5) is 16.3. The van der Waals surface area contributed by atoms with Gasteiger partial charge in [0.1, 0.15) is 0 Å². The number of rotatable bonds is 5. The molecule has 1 rings (SSSR count). The molecule has 2 N–H and O–H groups in total. The molecule has 0 saturated heterocycles. The standard InChI is InChI=1S/C12H18BNO4/c1-12(2,3)18-14(9-15)8-10-5-4-6-11(7-10)13(16)17/h4-7,9,16-17H,8H2,1-3H3. The van der Waals surface area contributed by atoms with Gasteiger partial charge in [0.25, 0.3) is 0 Å². The minimum atomic E-state index is -1.52. The summed E-state index contributed by atoms with van der Waals surface area (Å²) in [7, 11) is -1.52. The van der Waals surface area contributed by atoms with Crippen molar-refractivity contribution in [3.63, 3.8) is 0 Å². The van der Waals surface area contributed by atoms with E-state index >= 15 is 0 Å². The smallest absolute Gasteiger partial charge is 0.423 e. The maximum absolute atomic E-state index is 10.9. The van der Waals surface area contributed by atoms with E-state index in [-0.39, 0.29) is 6.54 Å². The molecule has 0 fully saturated rings. The van der Waals surface area contributed by atoms with E-state index in [9.17, 15) is 4.79 Å². The first-order valence-corrected chi connectivity index (χ1v) is 5.68. The fourth-order valence-corrected chi connectivity index (χ4v) is 1.47. The zero-order chi connectivity index (χ0) is 13.8. The summed E-state index contributed by atoms with van der Waals surface area (Å²) < 4.78 is 0. The molecule has 6 heteroatoms. The zero-order valence-electron chi connectivity index (χ0n) is 10.8. The van der Waals surface area contributed by atoms with Crippen LogP contribution in [-0.2, 0) is 16.2 Å². The highest BCUT2D eigenvalue weighted by atomic mass is 16.7. The van der Waals surface area contributed by atoms with Crippen LogP contribution < -0.4 is 5.46 Å². The van der Waals surface area contributed by atoms with Crippen LogP contribution in [0.15, 0.2) is 24.3 Å². The van der Waals surface area contributed by atoms with E-state index < -0.39 is 12.7 Å². The fourth-order valence-electron chi connectivity index (χ4n) is 1.47. The Morgan fingerprint density at radius 1 is 1.39 bits per heavy atom. The molecule has 1 aromatic carbocycles. The lowest BCUT2D eigenvalue weighted by Crippen LogP contribution is -2.34. The minimum Gasteiger partial charge on any atom is -0.423 e. The number of nitrogens with zero attached hydrogens (tertiary/aromatic N) is 1. The molecule has 98 valence electrons. The van der Waals surface area contributed by atoms with Crippen molar-refractivity contribution >= 4 is 19.0 Å². The second-order valence-corrected chi connectivity index (χ2v) is 5.00. The van der Waals surface area contributed by atoms with E-state index in [1.54, 1.807) is 24.3 Å². The van der Waals surface area contributed by atoms with Crippen molar-refractivity contribution in [1.29, 1.82) is 0 Å². The van der Waals surface area contributed by atoms with Crippen molar-refractivity contribution < 1.29 is 19.7 Å². The minimum absolute atomic E-state index is 0.251. The van der Waals surface area contributed by atoms with Crippen LogP contribution in [-0.4, -0.2) is 34.2 Å². The molecular weight excluding hydrogens is 233 g/mol. The highest BCUT2D eigenvalue weighted by Gasteiger charge is 2.17. The number of hydrogen-bond acceptors (Lipinski definition) is 4. The van der Waals surface area contributed by atoms with Crippen LogP contribution in [0.3, 0.4) is 0 Å². The van der Waals surface area contributed by atoms with Crippen molar-refractivity contribution in [1.82, 2.24) is 5.06 Å². The molecule has 0 atom stereocenters. The van der Waals surface area contributed by atoms with Gasteiger partial charge in [0.2, 0.25) is 6.41 Å². The van der Waals surface area contributed by atoms with Gasteiger partial charge >= 0.3 is 7.12 Å². The molecule has 0 aliphatic heterocycles. The van der Waals surface area contributed by atoms with Crippen LogP contribution in [0, 0.1) is 0 Å². The third-order valence-electron chi connectivity index (χ3n) is 2.10. The number of carbonyl (C=O) groups excluding carboxylic acids is 1. The SMILES string of the molecule is CC(C)(C)ON(C=O)Cc1cccc(B(O)O)c1. The monoisotopic (exact) mass is 251 g/mol. The number of carbonyl (C=O) groups is 1. The Hall–Kier alpha value is -1.37. The van der Waals surface area contributed by atoms with Gasteiger partial charge in [0.15, 0.2) is 0 Å². The quantitative estimate of drug-likeness (QED) is 0.441. The molecule has 5 nitrogen and oxygen atoms in total. The number of hydroxylamine groups is 2. The van der Waals surface area contributed by atoms with Crippen LogP contribution in [0.25, 0.3) is 0 Å². The second-order valence-electron chi connectivity index (χ2n) is 5.00. The highest BCUT2D eigenvalue weighted by Crippen LogP contribution is 2.11. The van der Waals surface area contributed by atoms with Crippen LogP contribution in [0.2, 0.25) is 0 Å². The van der Waals surface area contributed by atoms with E-state index in [1.165, 1.54) is 5.06 Å². The summed E-state index contributed by atoms with van der Waals surface area (Å²) >= 11 is 0. The van der Waals surface area contributed by atoms with Gasteiger partial charge in [-0.2, -0.15) is 0 Å². The molecule has 0 aromatic heterocycles. The maximum Gasteiger partial charge on any atom is 0.488 e. The summed E-state index contributed by atoms with van der Waals surface area (Å²) in [6.07, 6.45) is 0.604. The lowest BCUT2D eigenvalue weighted by Gasteiger charge is -2.26. The van der Waals surface area contributed by atoms with Gasteiger partial charge < -0.3 is 10.0 Å². The third-order valence-corrected chi connectivity index (χ3v) is 2.10. The summed E-state index contributed by atoms with van der Waals surface area (Å²) in [5.74, 6) is 0. The van der Waals surface area contributed by atoms with Crippen LogP contribution in [0.4, 0.5) is 0 Å². The average molecular weight is 251 g/mol. The van der Waals surface area contributed by atoms with Crippen LogP contribution >= 0.6 is 0 Å². The molecule has 0 aliphatic carbocycles. The Labute approximate surface area is 107 Å². The average Bonchev–Trinajstić information content (AvgIpc) is 2.26. The van der Waals surface area contributed by atoms with Gasteiger partial charge in [-0.15, -0.1) is 0 Å². The lowest BCUT2D eigenvalue weighted by molar-refractivity contribution is -0.220. The summed E-state index contributed by atoms with van der Waals surface area (Å²) in [6, 6.07) is 6.70. The van der Waals surface area contributed by atoms with Crippen LogP contribution in [0.5, 0.6) is 0 Å². The molecular formula is C12H18BNO4. The highest BCUT2D eigenvalue weighted by molar-refractivity contribution is 6.58. The first kappa shape index (κ1) is 14.7. The molecule has 0 radical (unpaired) electrons. The van der Waals surface area contributed by atoms with Gasteiger partial charge in [-0.25, -0.2) is 5.06 Å². The van der Waals surface area contributed by atoms with Gasteiger partial charge in [-0.05, 0) is 31.8 Å². The topological polar surface area (TPSA) is 70.0 Å². The predicted molar refractivity (Wildman–Crippen MR) is 68.7 cm³/mol. The Morgan fingerprint density at radius 2 is 2.06 bits per heavy atom. The van der Waals surface area contributed by atoms with Crippen molar-refractivity contribution in [2.24, 2.45) is 0 Å². The predicted octanol–water partition coefficient (Wildman–Crippen LogP) is 0.0549. The van der Waals surface area contributed by atoms with E-state index in [0.717, 1.165) is 5.56 Å². The van der Waals surface area contributed by atoms with Crippen molar-refractivity contribution in [2.45, 2.75) is 32.9 Å². The van der Waals surface area contributed by atoms with Crippen molar-refractivity contribution in [3.05, 3.63) is 29.8 Å². The molecule has 0 unspecified atom stereocenters. The molecule has 0 heterocycles. The van der Waals surface area contributed by atoms with Crippen molar-refractivity contribution in [2.75, 3.05) is 0 Å². The molecule has 1 amide bonds. The first-order valence-electron chi connectivity index (χ1n) is 5.68. The van der Waals surface area contributed by atoms with Gasteiger partial charge in [0, 0.05) is 0 Å².